The maximum absolute atomic E-state index is 12.0. The highest BCUT2D eigenvalue weighted by atomic mass is 35.5. The molecule has 2 heterocycles. The van der Waals surface area contributed by atoms with Crippen LogP contribution in [0.4, 0.5) is 0 Å². The second-order valence-corrected chi connectivity index (χ2v) is 8.47. The number of carbonyl (C=O) groups excluding carboxylic acids is 1. The third-order valence-corrected chi connectivity index (χ3v) is 6.76. The Hall–Kier alpha value is -2.56. The van der Waals surface area contributed by atoms with E-state index in [0.717, 1.165) is 39.6 Å². The first kappa shape index (κ1) is 18.8. The van der Waals surface area contributed by atoms with Crippen LogP contribution in [-0.4, -0.2) is 10.5 Å². The van der Waals surface area contributed by atoms with Crippen LogP contribution < -0.4 is 5.73 Å². The molecule has 0 aliphatic carbocycles. The van der Waals surface area contributed by atoms with E-state index in [1.165, 1.54) is 15.8 Å². The fraction of sp³-hybridized carbons (Fsp3) is 0.174. The van der Waals surface area contributed by atoms with E-state index in [0.29, 0.717) is 5.56 Å². The van der Waals surface area contributed by atoms with Crippen molar-refractivity contribution in [1.82, 2.24) is 4.57 Å². The first-order valence-electron chi connectivity index (χ1n) is 9.18. The predicted octanol–water partition coefficient (Wildman–Crippen LogP) is 5.98. The monoisotopic (exact) mass is 408 g/mol. The van der Waals surface area contributed by atoms with E-state index in [4.69, 9.17) is 17.3 Å². The summed E-state index contributed by atoms with van der Waals surface area (Å²) in [6.07, 6.45) is 0.886. The fourth-order valence-electron chi connectivity index (χ4n) is 3.69. The molecule has 0 bridgehead atoms. The van der Waals surface area contributed by atoms with Crippen molar-refractivity contribution in [1.29, 1.82) is 0 Å². The molecule has 142 valence electrons. The van der Waals surface area contributed by atoms with Crippen molar-refractivity contribution >= 4 is 38.9 Å². The van der Waals surface area contributed by atoms with Gasteiger partial charge in [-0.05, 0) is 61.0 Å². The predicted molar refractivity (Wildman–Crippen MR) is 118 cm³/mol. The fourth-order valence-corrected chi connectivity index (χ4v) is 5.08. The normalized spacial score (nSPS) is 11.2. The molecule has 0 saturated carbocycles. The molecule has 2 aromatic heterocycles. The van der Waals surface area contributed by atoms with E-state index in [-0.39, 0.29) is 5.91 Å². The summed E-state index contributed by atoms with van der Waals surface area (Å²) < 4.78 is 3.40. The van der Waals surface area contributed by atoms with Gasteiger partial charge in [-0.25, -0.2) is 0 Å². The number of primary amides is 1. The number of nitrogens with two attached hydrogens (primary N) is 1. The smallest absolute Gasteiger partial charge is 0.250 e. The molecule has 4 aromatic rings. The lowest BCUT2D eigenvalue weighted by Gasteiger charge is -2.12. The lowest BCUT2D eigenvalue weighted by Crippen LogP contribution is -2.13. The molecule has 0 fully saturated rings. The molecule has 0 aliphatic heterocycles. The van der Waals surface area contributed by atoms with Crippen LogP contribution >= 0.6 is 22.9 Å². The Balaban J connectivity index is 1.83. The number of hydrogen-bond acceptors (Lipinski definition) is 2. The summed E-state index contributed by atoms with van der Waals surface area (Å²) in [5.41, 5.74) is 10.6. The molecule has 28 heavy (non-hydrogen) atoms. The number of benzene rings is 2. The second kappa shape index (κ2) is 7.46. The maximum Gasteiger partial charge on any atom is 0.250 e. The van der Waals surface area contributed by atoms with Gasteiger partial charge in [-0.1, -0.05) is 41.9 Å². The number of rotatable bonds is 5. The topological polar surface area (TPSA) is 48.0 Å². The molecular weight excluding hydrogens is 388 g/mol. The highest BCUT2D eigenvalue weighted by molar-refractivity contribution is 7.22. The number of halogens is 1. The Morgan fingerprint density at radius 1 is 1.11 bits per heavy atom. The third kappa shape index (κ3) is 3.34. The minimum Gasteiger partial charge on any atom is -0.366 e. The Kier molecular flexibility index (Phi) is 5.00. The van der Waals surface area contributed by atoms with E-state index in [9.17, 15) is 4.79 Å². The quantitative estimate of drug-likeness (QED) is 0.433. The number of nitrogens with zero attached hydrogens (tertiary/aromatic N) is 1. The Morgan fingerprint density at radius 2 is 1.86 bits per heavy atom. The zero-order valence-electron chi connectivity index (χ0n) is 15.8. The van der Waals surface area contributed by atoms with Gasteiger partial charge in [0.1, 0.15) is 0 Å². The van der Waals surface area contributed by atoms with Crippen LogP contribution in [0.25, 0.3) is 20.7 Å². The van der Waals surface area contributed by atoms with Gasteiger partial charge in [-0.15, -0.1) is 11.3 Å². The maximum atomic E-state index is 12.0. The van der Waals surface area contributed by atoms with Crippen LogP contribution in [0.15, 0.2) is 54.6 Å². The van der Waals surface area contributed by atoms with Gasteiger partial charge in [0.15, 0.2) is 0 Å². The highest BCUT2D eigenvalue weighted by Crippen LogP contribution is 2.40. The average Bonchev–Trinajstić information content (AvgIpc) is 3.18. The molecule has 0 atom stereocenters. The third-order valence-electron chi connectivity index (χ3n) is 5.23. The first-order chi connectivity index (χ1) is 13.5. The summed E-state index contributed by atoms with van der Waals surface area (Å²) in [6.45, 7) is 4.86. The van der Waals surface area contributed by atoms with E-state index < -0.39 is 0 Å². The van der Waals surface area contributed by atoms with Gasteiger partial charge in [0.25, 0.3) is 5.91 Å². The van der Waals surface area contributed by atoms with E-state index in [1.807, 2.05) is 43.3 Å². The van der Waals surface area contributed by atoms with Gasteiger partial charge < -0.3 is 10.3 Å². The number of amides is 1. The lowest BCUT2D eigenvalue weighted by atomic mass is 10.1. The summed E-state index contributed by atoms with van der Waals surface area (Å²) in [6, 6.07) is 18.3. The summed E-state index contributed by atoms with van der Waals surface area (Å²) in [7, 11) is 0. The molecular formula is C23H21ClN2OS. The van der Waals surface area contributed by atoms with Crippen molar-refractivity contribution < 1.29 is 4.79 Å². The van der Waals surface area contributed by atoms with Crippen LogP contribution in [0.5, 0.6) is 0 Å². The molecule has 4 rings (SSSR count). The van der Waals surface area contributed by atoms with Gasteiger partial charge >= 0.3 is 0 Å². The zero-order valence-corrected chi connectivity index (χ0v) is 17.4. The van der Waals surface area contributed by atoms with Crippen LogP contribution in [0.2, 0.25) is 5.02 Å². The number of aromatic nitrogens is 1. The molecule has 0 aliphatic rings. The summed E-state index contributed by atoms with van der Waals surface area (Å²) >= 11 is 7.93. The standard InChI is InChI=1S/C23H21ClN2OS/c1-14-18-12-17(24)8-9-21(18)28-22(14)20-13-19(23(25)27)15(2)26(20)11-10-16-6-4-3-5-7-16/h3-9,12-13H,10-11H2,1-2H3,(H2,25,27). The van der Waals surface area contributed by atoms with Gasteiger partial charge in [0.2, 0.25) is 0 Å². The van der Waals surface area contributed by atoms with Crippen molar-refractivity contribution in [3.05, 3.63) is 82.0 Å². The van der Waals surface area contributed by atoms with Gasteiger partial charge in [0, 0.05) is 22.0 Å². The van der Waals surface area contributed by atoms with Crippen LogP contribution in [0, 0.1) is 13.8 Å². The molecule has 0 saturated heterocycles. The largest absolute Gasteiger partial charge is 0.366 e. The molecule has 0 unspecified atom stereocenters. The summed E-state index contributed by atoms with van der Waals surface area (Å²) in [5.74, 6) is -0.390. The molecule has 1 amide bonds. The van der Waals surface area contributed by atoms with Crippen molar-refractivity contribution in [2.24, 2.45) is 5.73 Å². The molecule has 3 nitrogen and oxygen atoms in total. The molecule has 2 N–H and O–H groups in total. The number of hydrogen-bond donors (Lipinski definition) is 1. The van der Waals surface area contributed by atoms with Crippen LogP contribution in [0.3, 0.4) is 0 Å². The Morgan fingerprint density at radius 3 is 2.57 bits per heavy atom. The Labute approximate surface area is 173 Å². The van der Waals surface area contributed by atoms with Crippen molar-refractivity contribution in [2.45, 2.75) is 26.8 Å². The van der Waals surface area contributed by atoms with Gasteiger partial charge in [0.05, 0.1) is 16.1 Å². The van der Waals surface area contributed by atoms with E-state index in [2.05, 4.69) is 29.7 Å². The number of thiophene rings is 1. The summed E-state index contributed by atoms with van der Waals surface area (Å²) in [4.78, 5) is 13.1. The minimum absolute atomic E-state index is 0.390. The molecule has 0 radical (unpaired) electrons. The summed E-state index contributed by atoms with van der Waals surface area (Å²) in [5, 5.41) is 1.88. The lowest BCUT2D eigenvalue weighted by molar-refractivity contribution is 0.0999. The van der Waals surface area contributed by atoms with Crippen LogP contribution in [0.1, 0.15) is 27.2 Å². The van der Waals surface area contributed by atoms with Crippen molar-refractivity contribution in [2.75, 3.05) is 0 Å². The van der Waals surface area contributed by atoms with Crippen molar-refractivity contribution in [3.63, 3.8) is 0 Å². The van der Waals surface area contributed by atoms with Crippen LogP contribution in [-0.2, 0) is 13.0 Å². The minimum atomic E-state index is -0.390. The van der Waals surface area contributed by atoms with Gasteiger partial charge in [-0.3, -0.25) is 4.79 Å². The number of fused-ring (bicyclic) bond motifs is 1. The second-order valence-electron chi connectivity index (χ2n) is 6.98. The molecule has 5 heteroatoms. The zero-order chi connectivity index (χ0) is 19.8. The van der Waals surface area contributed by atoms with Gasteiger partial charge in [-0.2, -0.15) is 0 Å². The van der Waals surface area contributed by atoms with E-state index in [1.54, 1.807) is 11.3 Å². The molecule has 0 spiro atoms. The average molecular weight is 409 g/mol. The van der Waals surface area contributed by atoms with E-state index >= 15 is 0 Å². The Bertz CT molecular complexity index is 1170. The number of carbonyl (C=O) groups is 1. The first-order valence-corrected chi connectivity index (χ1v) is 10.4. The SMILES string of the molecule is Cc1c(-c2cc(C(N)=O)c(C)n2CCc2ccccc2)sc2ccc(Cl)cc12. The molecule has 2 aromatic carbocycles. The number of aryl methyl sites for hydroxylation is 2. The highest BCUT2D eigenvalue weighted by Gasteiger charge is 2.20. The van der Waals surface area contributed by atoms with Crippen molar-refractivity contribution in [3.8, 4) is 10.6 Å².